The fourth-order valence-corrected chi connectivity index (χ4v) is 2.07. The molecule has 1 heterocycles. The summed E-state index contributed by atoms with van der Waals surface area (Å²) in [6.45, 7) is 0.167. The zero-order valence-corrected chi connectivity index (χ0v) is 10.8. The molecule has 0 bridgehead atoms. The smallest absolute Gasteiger partial charge is 0.410 e. The molecule has 0 aromatic heterocycles. The van der Waals surface area contributed by atoms with Crippen LogP contribution in [0.1, 0.15) is 18.4 Å². The first kappa shape index (κ1) is 14.0. The van der Waals surface area contributed by atoms with Gasteiger partial charge < -0.3 is 9.84 Å². The Balaban J connectivity index is 1.97. The van der Waals surface area contributed by atoms with E-state index >= 15 is 0 Å². The normalized spacial score (nSPS) is 18.7. The lowest BCUT2D eigenvalue weighted by atomic mass is 10.0. The number of hydrogen-bond donors (Lipinski definition) is 1. The number of benzene rings is 1. The topological polar surface area (TPSA) is 83.9 Å². The molecule has 0 spiro atoms. The van der Waals surface area contributed by atoms with E-state index < -0.39 is 18.1 Å². The van der Waals surface area contributed by atoms with E-state index in [0.717, 1.165) is 10.5 Å². The Morgan fingerprint density at radius 1 is 1.30 bits per heavy atom. The molecule has 1 aliphatic rings. The Bertz CT molecular complexity index is 514. The van der Waals surface area contributed by atoms with Gasteiger partial charge in [0.25, 0.3) is 0 Å². The number of hydrogen-bond acceptors (Lipinski definition) is 4. The molecule has 6 nitrogen and oxygen atoms in total. The summed E-state index contributed by atoms with van der Waals surface area (Å²) in [7, 11) is 0. The van der Waals surface area contributed by atoms with E-state index in [1.54, 1.807) is 0 Å². The van der Waals surface area contributed by atoms with E-state index in [0.29, 0.717) is 0 Å². The second-order valence-electron chi connectivity index (χ2n) is 4.58. The van der Waals surface area contributed by atoms with Crippen molar-refractivity contribution in [2.45, 2.75) is 25.5 Å². The SMILES string of the molecule is O=C1CCN(C(=O)OCc2ccccc2)C(C(=O)O)C1. The molecule has 1 unspecified atom stereocenters. The molecule has 1 atom stereocenters. The fourth-order valence-electron chi connectivity index (χ4n) is 2.07. The van der Waals surface area contributed by atoms with Crippen molar-refractivity contribution in [3.63, 3.8) is 0 Å². The maximum Gasteiger partial charge on any atom is 0.410 e. The largest absolute Gasteiger partial charge is 0.480 e. The molecule has 1 aromatic rings. The predicted octanol–water partition coefficient (Wildman–Crippen LogP) is 1.44. The standard InChI is InChI=1S/C14H15NO5/c16-11-6-7-15(12(8-11)13(17)18)14(19)20-9-10-4-2-1-3-5-10/h1-5,12H,6-9H2,(H,17,18). The zero-order chi connectivity index (χ0) is 14.5. The summed E-state index contributed by atoms with van der Waals surface area (Å²) in [6, 6.07) is 7.98. The van der Waals surface area contributed by atoms with Crippen LogP contribution in [0.5, 0.6) is 0 Å². The third-order valence-electron chi connectivity index (χ3n) is 3.15. The number of aliphatic carboxylic acids is 1. The maximum atomic E-state index is 11.9. The quantitative estimate of drug-likeness (QED) is 0.903. The first-order chi connectivity index (χ1) is 9.58. The van der Waals surface area contributed by atoms with Crippen LogP contribution in [-0.2, 0) is 20.9 Å². The van der Waals surface area contributed by atoms with Crippen molar-refractivity contribution in [3.8, 4) is 0 Å². The Hall–Kier alpha value is -2.37. The summed E-state index contributed by atoms with van der Waals surface area (Å²) in [4.78, 5) is 35.4. The van der Waals surface area contributed by atoms with Gasteiger partial charge in [-0.3, -0.25) is 9.69 Å². The molecule has 1 saturated heterocycles. The average Bonchev–Trinajstić information content (AvgIpc) is 2.45. The van der Waals surface area contributed by atoms with E-state index in [-0.39, 0.29) is 31.8 Å². The van der Waals surface area contributed by atoms with Crippen LogP contribution in [0.3, 0.4) is 0 Å². The van der Waals surface area contributed by atoms with Gasteiger partial charge in [-0.15, -0.1) is 0 Å². The Morgan fingerprint density at radius 2 is 2.00 bits per heavy atom. The third-order valence-corrected chi connectivity index (χ3v) is 3.15. The molecule has 2 rings (SSSR count). The van der Waals surface area contributed by atoms with E-state index in [1.165, 1.54) is 0 Å². The van der Waals surface area contributed by atoms with Crippen LogP contribution in [0, 0.1) is 0 Å². The molecule has 6 heteroatoms. The number of ketones is 1. The van der Waals surface area contributed by atoms with E-state index in [1.807, 2.05) is 30.3 Å². The summed E-state index contributed by atoms with van der Waals surface area (Å²) < 4.78 is 5.10. The van der Waals surface area contributed by atoms with Gasteiger partial charge in [-0.1, -0.05) is 30.3 Å². The van der Waals surface area contributed by atoms with Crippen molar-refractivity contribution < 1.29 is 24.2 Å². The molecule has 20 heavy (non-hydrogen) atoms. The Morgan fingerprint density at radius 3 is 2.65 bits per heavy atom. The molecule has 1 fully saturated rings. The number of ether oxygens (including phenoxy) is 1. The van der Waals surface area contributed by atoms with Gasteiger partial charge in [0.2, 0.25) is 0 Å². The lowest BCUT2D eigenvalue weighted by molar-refractivity contribution is -0.146. The highest BCUT2D eigenvalue weighted by Gasteiger charge is 2.36. The Kier molecular flexibility index (Phi) is 4.34. The Labute approximate surface area is 115 Å². The summed E-state index contributed by atoms with van der Waals surface area (Å²) in [5, 5.41) is 9.06. The van der Waals surface area contributed by atoms with Crippen LogP contribution >= 0.6 is 0 Å². The second kappa shape index (κ2) is 6.18. The summed E-state index contributed by atoms with van der Waals surface area (Å²) in [6.07, 6.45) is -0.686. The average molecular weight is 277 g/mol. The highest BCUT2D eigenvalue weighted by molar-refractivity contribution is 5.90. The van der Waals surface area contributed by atoms with Crippen LogP contribution in [-0.4, -0.2) is 40.4 Å². The van der Waals surface area contributed by atoms with Crippen molar-refractivity contribution in [2.24, 2.45) is 0 Å². The molecule has 1 aliphatic heterocycles. The second-order valence-corrected chi connectivity index (χ2v) is 4.58. The van der Waals surface area contributed by atoms with Gasteiger partial charge >= 0.3 is 12.1 Å². The zero-order valence-electron chi connectivity index (χ0n) is 10.8. The molecule has 0 aliphatic carbocycles. The summed E-state index contributed by atoms with van der Waals surface area (Å²) in [5.41, 5.74) is 0.820. The minimum Gasteiger partial charge on any atom is -0.480 e. The van der Waals surface area contributed by atoms with E-state index in [9.17, 15) is 14.4 Å². The number of carbonyl (C=O) groups is 3. The molecular weight excluding hydrogens is 262 g/mol. The number of likely N-dealkylation sites (tertiary alicyclic amines) is 1. The molecule has 106 valence electrons. The number of amides is 1. The van der Waals surface area contributed by atoms with Gasteiger partial charge in [0.05, 0.1) is 0 Å². The minimum absolute atomic E-state index is 0.0798. The van der Waals surface area contributed by atoms with Crippen molar-refractivity contribution in [2.75, 3.05) is 6.54 Å². The fraction of sp³-hybridized carbons (Fsp3) is 0.357. The highest BCUT2D eigenvalue weighted by atomic mass is 16.6. The molecule has 1 aromatic carbocycles. The van der Waals surface area contributed by atoms with Crippen LogP contribution in [0.2, 0.25) is 0 Å². The van der Waals surface area contributed by atoms with Crippen LogP contribution in [0.4, 0.5) is 4.79 Å². The van der Waals surface area contributed by atoms with Crippen LogP contribution in [0.15, 0.2) is 30.3 Å². The number of carboxylic acids is 1. The van der Waals surface area contributed by atoms with Crippen molar-refractivity contribution in [1.82, 2.24) is 4.90 Å². The molecule has 1 N–H and O–H groups in total. The maximum absolute atomic E-state index is 11.9. The lowest BCUT2D eigenvalue weighted by Gasteiger charge is -2.31. The first-order valence-electron chi connectivity index (χ1n) is 6.30. The summed E-state index contributed by atoms with van der Waals surface area (Å²) >= 11 is 0. The van der Waals surface area contributed by atoms with Gasteiger partial charge in [0.15, 0.2) is 0 Å². The number of nitrogens with zero attached hydrogens (tertiary/aromatic N) is 1. The monoisotopic (exact) mass is 277 g/mol. The van der Waals surface area contributed by atoms with E-state index in [2.05, 4.69) is 0 Å². The van der Waals surface area contributed by atoms with E-state index in [4.69, 9.17) is 9.84 Å². The number of carboxylic acid groups (broad SMARTS) is 1. The van der Waals surface area contributed by atoms with Gasteiger partial charge in [-0.25, -0.2) is 9.59 Å². The molecule has 1 amide bonds. The molecule has 0 saturated carbocycles. The van der Waals surface area contributed by atoms with Crippen molar-refractivity contribution in [1.29, 1.82) is 0 Å². The first-order valence-corrected chi connectivity index (χ1v) is 6.30. The number of rotatable bonds is 3. The van der Waals surface area contributed by atoms with Crippen molar-refractivity contribution in [3.05, 3.63) is 35.9 Å². The van der Waals surface area contributed by atoms with Gasteiger partial charge in [-0.05, 0) is 5.56 Å². The molecular formula is C14H15NO5. The van der Waals surface area contributed by atoms with Crippen LogP contribution < -0.4 is 0 Å². The van der Waals surface area contributed by atoms with Crippen molar-refractivity contribution >= 4 is 17.8 Å². The van der Waals surface area contributed by atoms with Gasteiger partial charge in [-0.2, -0.15) is 0 Å². The van der Waals surface area contributed by atoms with Crippen LogP contribution in [0.25, 0.3) is 0 Å². The predicted molar refractivity (Wildman–Crippen MR) is 69.0 cm³/mol. The number of piperidine rings is 1. The summed E-state index contributed by atoms with van der Waals surface area (Å²) in [5.74, 6) is -1.33. The number of Topliss-reactive ketones (excluding diaryl/α,β-unsaturated/α-hetero) is 1. The van der Waals surface area contributed by atoms with Gasteiger partial charge in [0, 0.05) is 19.4 Å². The lowest BCUT2D eigenvalue weighted by Crippen LogP contribution is -2.50. The minimum atomic E-state index is -1.19. The van der Waals surface area contributed by atoms with Gasteiger partial charge in [0.1, 0.15) is 18.4 Å². The highest BCUT2D eigenvalue weighted by Crippen LogP contribution is 2.16. The third kappa shape index (κ3) is 3.34. The molecule has 0 radical (unpaired) electrons. The number of carbonyl (C=O) groups excluding carboxylic acids is 2.